The summed E-state index contributed by atoms with van der Waals surface area (Å²) in [5.41, 5.74) is 1.81. The van der Waals surface area contributed by atoms with E-state index in [1.807, 2.05) is 24.3 Å². The number of carbonyl (C=O) groups excluding carboxylic acids is 1. The fourth-order valence-corrected chi connectivity index (χ4v) is 2.68. The highest BCUT2D eigenvalue weighted by Gasteiger charge is 2.14. The van der Waals surface area contributed by atoms with Crippen LogP contribution in [-0.2, 0) is 13.0 Å². The van der Waals surface area contributed by atoms with E-state index in [0.29, 0.717) is 16.7 Å². The van der Waals surface area contributed by atoms with E-state index in [0.717, 1.165) is 17.5 Å². The molecule has 5 heteroatoms. The standard InChI is InChI=1S/C20H19NO4/c1-3-13-8-9-17(24-2)15(10-13)12-21-19(22)16-11-14-6-4-5-7-18(14)25-20(16)23/h4-11H,3,12H2,1-2H3,(H,21,22). The number of methoxy groups -OCH3 is 1. The van der Waals surface area contributed by atoms with Gasteiger partial charge in [0.05, 0.1) is 7.11 Å². The summed E-state index contributed by atoms with van der Waals surface area (Å²) in [5, 5.41) is 3.47. The molecular weight excluding hydrogens is 318 g/mol. The van der Waals surface area contributed by atoms with E-state index in [-0.39, 0.29) is 12.1 Å². The summed E-state index contributed by atoms with van der Waals surface area (Å²) in [5.74, 6) is 0.228. The van der Waals surface area contributed by atoms with Crippen molar-refractivity contribution in [1.29, 1.82) is 0 Å². The Hall–Kier alpha value is -3.08. The van der Waals surface area contributed by atoms with Crippen molar-refractivity contribution in [3.05, 3.63) is 75.6 Å². The Morgan fingerprint density at radius 3 is 2.72 bits per heavy atom. The van der Waals surface area contributed by atoms with Crippen molar-refractivity contribution in [1.82, 2.24) is 5.32 Å². The Morgan fingerprint density at radius 1 is 1.16 bits per heavy atom. The van der Waals surface area contributed by atoms with Crippen LogP contribution >= 0.6 is 0 Å². The molecule has 5 nitrogen and oxygen atoms in total. The second-order valence-electron chi connectivity index (χ2n) is 5.67. The van der Waals surface area contributed by atoms with E-state index in [1.54, 1.807) is 31.4 Å². The van der Waals surface area contributed by atoms with Crippen LogP contribution in [0.4, 0.5) is 0 Å². The number of carbonyl (C=O) groups is 1. The van der Waals surface area contributed by atoms with Crippen molar-refractivity contribution >= 4 is 16.9 Å². The molecule has 1 heterocycles. The van der Waals surface area contributed by atoms with Crippen molar-refractivity contribution in [2.75, 3.05) is 7.11 Å². The number of rotatable bonds is 5. The summed E-state index contributed by atoms with van der Waals surface area (Å²) in [4.78, 5) is 24.5. The van der Waals surface area contributed by atoms with Crippen LogP contribution < -0.4 is 15.7 Å². The predicted octanol–water partition coefficient (Wildman–Crippen LogP) is 3.29. The van der Waals surface area contributed by atoms with Gasteiger partial charge in [0.15, 0.2) is 0 Å². The lowest BCUT2D eigenvalue weighted by atomic mass is 10.1. The SMILES string of the molecule is CCc1ccc(OC)c(CNC(=O)c2cc3ccccc3oc2=O)c1. The van der Waals surface area contributed by atoms with Gasteiger partial charge in [-0.05, 0) is 30.2 Å². The Labute approximate surface area is 145 Å². The highest BCUT2D eigenvalue weighted by molar-refractivity contribution is 5.96. The van der Waals surface area contributed by atoms with Crippen LogP contribution in [0.1, 0.15) is 28.4 Å². The zero-order valence-electron chi connectivity index (χ0n) is 14.2. The largest absolute Gasteiger partial charge is 0.496 e. The third-order valence-corrected chi connectivity index (χ3v) is 4.08. The molecule has 1 aromatic heterocycles. The lowest BCUT2D eigenvalue weighted by Gasteiger charge is -2.11. The Balaban J connectivity index is 1.84. The fraction of sp³-hybridized carbons (Fsp3) is 0.200. The monoisotopic (exact) mass is 337 g/mol. The van der Waals surface area contributed by atoms with Gasteiger partial charge < -0.3 is 14.5 Å². The molecule has 0 spiro atoms. The predicted molar refractivity (Wildman–Crippen MR) is 96.0 cm³/mol. The van der Waals surface area contributed by atoms with Crippen molar-refractivity contribution < 1.29 is 13.9 Å². The van der Waals surface area contributed by atoms with Crippen molar-refractivity contribution in [3.63, 3.8) is 0 Å². The molecule has 1 N–H and O–H groups in total. The molecule has 0 unspecified atom stereocenters. The highest BCUT2D eigenvalue weighted by Crippen LogP contribution is 2.20. The minimum atomic E-state index is -0.648. The number of para-hydroxylation sites is 1. The van der Waals surface area contributed by atoms with Crippen LogP contribution in [-0.4, -0.2) is 13.0 Å². The van der Waals surface area contributed by atoms with E-state index < -0.39 is 11.5 Å². The first kappa shape index (κ1) is 16.8. The van der Waals surface area contributed by atoms with Gasteiger partial charge >= 0.3 is 5.63 Å². The average Bonchev–Trinajstić information content (AvgIpc) is 2.65. The third-order valence-electron chi connectivity index (χ3n) is 4.08. The fourth-order valence-electron chi connectivity index (χ4n) is 2.68. The lowest BCUT2D eigenvalue weighted by molar-refractivity contribution is 0.0947. The molecule has 2 aromatic carbocycles. The number of benzene rings is 2. The highest BCUT2D eigenvalue weighted by atomic mass is 16.5. The molecule has 1 amide bonds. The van der Waals surface area contributed by atoms with Crippen molar-refractivity contribution in [2.45, 2.75) is 19.9 Å². The zero-order valence-corrected chi connectivity index (χ0v) is 14.2. The summed E-state index contributed by atoms with van der Waals surface area (Å²) in [7, 11) is 1.59. The number of aryl methyl sites for hydroxylation is 1. The molecule has 0 aliphatic heterocycles. The van der Waals surface area contributed by atoms with E-state index in [2.05, 4.69) is 12.2 Å². The van der Waals surface area contributed by atoms with Gasteiger partial charge in [0.1, 0.15) is 16.9 Å². The zero-order chi connectivity index (χ0) is 17.8. The van der Waals surface area contributed by atoms with Crippen LogP contribution in [0, 0.1) is 0 Å². The van der Waals surface area contributed by atoms with Crippen molar-refractivity contribution in [3.8, 4) is 5.75 Å². The normalized spacial score (nSPS) is 10.6. The second-order valence-corrected chi connectivity index (χ2v) is 5.67. The van der Waals surface area contributed by atoms with Gasteiger partial charge in [-0.15, -0.1) is 0 Å². The van der Waals surface area contributed by atoms with Crippen LogP contribution in [0.5, 0.6) is 5.75 Å². The topological polar surface area (TPSA) is 68.5 Å². The maximum absolute atomic E-state index is 12.4. The van der Waals surface area contributed by atoms with Crippen molar-refractivity contribution in [2.24, 2.45) is 0 Å². The van der Waals surface area contributed by atoms with Gasteiger partial charge in [0.2, 0.25) is 0 Å². The van der Waals surface area contributed by atoms with Gasteiger partial charge in [-0.2, -0.15) is 0 Å². The van der Waals surface area contributed by atoms with E-state index in [1.165, 1.54) is 0 Å². The number of hydrogen-bond donors (Lipinski definition) is 1. The number of amides is 1. The summed E-state index contributed by atoms with van der Waals surface area (Å²) >= 11 is 0. The Morgan fingerprint density at radius 2 is 1.96 bits per heavy atom. The molecule has 3 rings (SSSR count). The van der Waals surface area contributed by atoms with E-state index in [4.69, 9.17) is 9.15 Å². The van der Waals surface area contributed by atoms with Crippen LogP contribution in [0.15, 0.2) is 57.7 Å². The average molecular weight is 337 g/mol. The molecule has 128 valence electrons. The van der Waals surface area contributed by atoms with Crippen LogP contribution in [0.25, 0.3) is 11.0 Å². The minimum absolute atomic E-state index is 0.00990. The molecule has 0 radical (unpaired) electrons. The smallest absolute Gasteiger partial charge is 0.349 e. The van der Waals surface area contributed by atoms with Crippen LogP contribution in [0.3, 0.4) is 0 Å². The minimum Gasteiger partial charge on any atom is -0.496 e. The molecule has 0 saturated heterocycles. The number of fused-ring (bicyclic) bond motifs is 1. The third kappa shape index (κ3) is 3.55. The summed E-state index contributed by atoms with van der Waals surface area (Å²) in [6.45, 7) is 2.33. The number of ether oxygens (including phenoxy) is 1. The maximum Gasteiger partial charge on any atom is 0.349 e. The second kappa shape index (κ2) is 7.21. The van der Waals surface area contributed by atoms with E-state index in [9.17, 15) is 9.59 Å². The molecular formula is C20H19NO4. The molecule has 0 atom stereocenters. The summed E-state index contributed by atoms with van der Waals surface area (Å²) in [6, 6.07) is 14.5. The molecule has 0 fully saturated rings. The van der Waals surface area contributed by atoms with Gasteiger partial charge in [-0.1, -0.05) is 37.3 Å². The first-order chi connectivity index (χ1) is 12.1. The molecule has 0 bridgehead atoms. The van der Waals surface area contributed by atoms with E-state index >= 15 is 0 Å². The van der Waals surface area contributed by atoms with Gasteiger partial charge in [-0.25, -0.2) is 4.79 Å². The number of nitrogens with one attached hydrogen (secondary N) is 1. The first-order valence-electron chi connectivity index (χ1n) is 8.09. The molecule has 0 aliphatic rings. The van der Waals surface area contributed by atoms with Gasteiger partial charge in [0, 0.05) is 17.5 Å². The Kier molecular flexibility index (Phi) is 4.84. The maximum atomic E-state index is 12.4. The molecule has 25 heavy (non-hydrogen) atoms. The lowest BCUT2D eigenvalue weighted by Crippen LogP contribution is -2.28. The quantitative estimate of drug-likeness (QED) is 0.725. The van der Waals surface area contributed by atoms with Gasteiger partial charge in [-0.3, -0.25) is 4.79 Å². The summed E-state index contributed by atoms with van der Waals surface area (Å²) < 4.78 is 10.5. The first-order valence-corrected chi connectivity index (χ1v) is 8.09. The van der Waals surface area contributed by atoms with Crippen LogP contribution in [0.2, 0.25) is 0 Å². The van der Waals surface area contributed by atoms with Gasteiger partial charge in [0.25, 0.3) is 5.91 Å². The Bertz CT molecular complexity index is 975. The molecule has 0 saturated carbocycles. The number of hydrogen-bond acceptors (Lipinski definition) is 4. The molecule has 0 aliphatic carbocycles. The molecule has 3 aromatic rings. The summed E-state index contributed by atoms with van der Waals surface area (Å²) in [6.07, 6.45) is 0.888.